The van der Waals surface area contributed by atoms with E-state index in [1.165, 1.54) is 6.42 Å². The number of primary amides is 3. The molecule has 3 amide bonds. The Labute approximate surface area is 583 Å². The molecule has 0 aromatic heterocycles. The third-order valence-corrected chi connectivity index (χ3v) is 18.3. The van der Waals surface area contributed by atoms with Gasteiger partial charge in [0.1, 0.15) is 59.0 Å². The van der Waals surface area contributed by atoms with Gasteiger partial charge in [-0.3, -0.25) is 38.4 Å². The zero-order valence-corrected chi connectivity index (χ0v) is 59.2. The van der Waals surface area contributed by atoms with Crippen molar-refractivity contribution in [2.24, 2.45) is 58.1 Å². The number of nitrogens with two attached hydrogens (primary N) is 3. The number of unbranched alkanes of at least 4 members (excludes halogenated alkanes) is 19. The number of carbonyl (C=O) groups excluding carboxylic acids is 13. The van der Waals surface area contributed by atoms with Gasteiger partial charge < -0.3 is 74.4 Å². The summed E-state index contributed by atoms with van der Waals surface area (Å²) in [6, 6.07) is 0. The lowest BCUT2D eigenvalue weighted by Gasteiger charge is -2.35. The maximum absolute atomic E-state index is 14.4. The van der Waals surface area contributed by atoms with Crippen molar-refractivity contribution in [1.29, 1.82) is 0 Å². The summed E-state index contributed by atoms with van der Waals surface area (Å²) in [7, 11) is 0. The van der Waals surface area contributed by atoms with Gasteiger partial charge in [-0.25, -0.2) is 14.4 Å². The van der Waals surface area contributed by atoms with Crippen molar-refractivity contribution < 1.29 is 120 Å². The molecule has 0 aliphatic heterocycles. The molecule has 0 aromatic rings. The lowest BCUT2D eigenvalue weighted by molar-refractivity contribution is -0.192. The first-order valence-electron chi connectivity index (χ1n) is 36.5. The van der Waals surface area contributed by atoms with Crippen molar-refractivity contribution in [1.82, 2.24) is 0 Å². The van der Waals surface area contributed by atoms with Gasteiger partial charge in [0.25, 0.3) is 0 Å². The van der Waals surface area contributed by atoms with E-state index in [-0.39, 0.29) is 64.1 Å². The Morgan fingerprint density at radius 2 is 0.596 bits per heavy atom. The summed E-state index contributed by atoms with van der Waals surface area (Å²) < 4.78 is 61.0. The smallest absolute Gasteiger partial charge is 0.404 e. The van der Waals surface area contributed by atoms with E-state index in [4.69, 9.17) is 78.9 Å². The van der Waals surface area contributed by atoms with E-state index in [1.807, 2.05) is 0 Å². The van der Waals surface area contributed by atoms with E-state index >= 15 is 0 Å². The highest BCUT2D eigenvalue weighted by atomic mass is 16.6. The lowest BCUT2D eigenvalue weighted by atomic mass is 9.79. The predicted molar refractivity (Wildman–Crippen MR) is 354 cm³/mol. The van der Waals surface area contributed by atoms with Gasteiger partial charge in [0.2, 0.25) is 0 Å². The van der Waals surface area contributed by atoms with Crippen LogP contribution < -0.4 is 17.2 Å². The van der Waals surface area contributed by atoms with Gasteiger partial charge in [0.15, 0.2) is 12.2 Å². The van der Waals surface area contributed by atoms with Gasteiger partial charge in [0.05, 0.1) is 47.5 Å². The Kier molecular flexibility index (Phi) is 47.8. The van der Waals surface area contributed by atoms with Crippen molar-refractivity contribution in [3.05, 3.63) is 0 Å². The van der Waals surface area contributed by atoms with Gasteiger partial charge in [-0.2, -0.15) is 9.59 Å². The average Bonchev–Trinajstić information content (AvgIpc) is 0.843. The number of amides is 3. The number of carbonyl (C=O) groups is 11. The van der Waals surface area contributed by atoms with E-state index in [0.29, 0.717) is 64.2 Å². The van der Waals surface area contributed by atoms with Crippen LogP contribution in [-0.2, 0) is 100 Å². The molecule has 566 valence electrons. The van der Waals surface area contributed by atoms with Crippen molar-refractivity contribution in [3.63, 3.8) is 0 Å². The number of hydrogen-bond donors (Lipinski definition) is 4. The van der Waals surface area contributed by atoms with Crippen LogP contribution in [0.4, 0.5) is 14.4 Å². The number of esters is 8. The van der Waals surface area contributed by atoms with Crippen molar-refractivity contribution >= 4 is 72.2 Å². The Morgan fingerprint density at radius 1 is 0.354 bits per heavy atom. The SMILES string of the molecule is CCCCCCCCCCC(COC(N)=O)OC(=O)C1CCCCC1C(=O)OCC(CO)(COC(=O)C1CCCCC1C(=O)OC(COC(N)=O)COC(=O)CCCCCCCCC)COC(=O)C1CCCCC1C(=O)OC(COC(N)=O)COC(=O)CCCCCCCCC.O=C=O. The first-order chi connectivity index (χ1) is 47.7. The first-order valence-corrected chi connectivity index (χ1v) is 36.5. The highest BCUT2D eigenvalue weighted by Gasteiger charge is 2.46. The van der Waals surface area contributed by atoms with E-state index in [1.54, 1.807) is 0 Å². The van der Waals surface area contributed by atoms with Gasteiger partial charge >= 0.3 is 72.2 Å². The van der Waals surface area contributed by atoms with Gasteiger partial charge in [-0.05, 0) is 64.2 Å². The molecule has 3 rings (SSSR count). The van der Waals surface area contributed by atoms with Crippen LogP contribution >= 0.6 is 0 Å². The Bertz CT molecular complexity index is 2310. The Hall–Kier alpha value is -7.09. The van der Waals surface area contributed by atoms with Crippen molar-refractivity contribution in [2.45, 2.75) is 277 Å². The molecule has 0 saturated heterocycles. The molecule has 0 radical (unpaired) electrons. The van der Waals surface area contributed by atoms with Gasteiger partial charge in [-0.1, -0.05) is 181 Å². The molecule has 7 N–H and O–H groups in total. The number of aliphatic hydroxyl groups excluding tert-OH is 1. The molecule has 3 fully saturated rings. The van der Waals surface area contributed by atoms with Crippen LogP contribution in [0.15, 0.2) is 0 Å². The number of ether oxygens (including phenoxy) is 11. The van der Waals surface area contributed by atoms with Gasteiger partial charge in [-0.15, -0.1) is 0 Å². The minimum atomic E-state index is -1.90. The van der Waals surface area contributed by atoms with E-state index in [9.17, 15) is 57.8 Å². The molecule has 0 spiro atoms. The monoisotopic (exact) mass is 1410 g/mol. The van der Waals surface area contributed by atoms with Crippen LogP contribution in [0.1, 0.15) is 258 Å². The van der Waals surface area contributed by atoms with Crippen LogP contribution in [0.5, 0.6) is 0 Å². The number of hydrogen-bond acceptors (Lipinski definition) is 25. The summed E-state index contributed by atoms with van der Waals surface area (Å²) in [5.41, 5.74) is 13.9. The minimum absolute atomic E-state index is 0.121. The predicted octanol–water partition coefficient (Wildman–Crippen LogP) is 10.4. The normalized spacial score (nSPS) is 19.6. The molecule has 9 atom stereocenters. The molecule has 3 saturated carbocycles. The van der Waals surface area contributed by atoms with Crippen LogP contribution in [0.25, 0.3) is 0 Å². The quantitative estimate of drug-likeness (QED) is 0.0250. The molecular formula is C71H117N3O25. The topological polar surface area (TPSA) is 422 Å². The molecule has 0 bridgehead atoms. The summed E-state index contributed by atoms with van der Waals surface area (Å²) in [5, 5.41) is 11.4. The third-order valence-electron chi connectivity index (χ3n) is 18.3. The summed E-state index contributed by atoms with van der Waals surface area (Å²) >= 11 is 0. The molecular weight excluding hydrogens is 1290 g/mol. The fourth-order valence-corrected chi connectivity index (χ4v) is 12.5. The Balaban J connectivity index is 0.0000109. The summed E-state index contributed by atoms with van der Waals surface area (Å²) in [6.45, 7) is 0.922. The molecule has 99 heavy (non-hydrogen) atoms. The number of aliphatic hydroxyl groups is 1. The van der Waals surface area contributed by atoms with Gasteiger partial charge in [0, 0.05) is 12.8 Å². The first kappa shape index (κ1) is 88.0. The Morgan fingerprint density at radius 3 is 0.879 bits per heavy atom. The summed E-state index contributed by atoms with van der Waals surface area (Å²) in [5.74, 6) is -12.7. The minimum Gasteiger partial charge on any atom is -0.464 e. The lowest BCUT2D eigenvalue weighted by Crippen LogP contribution is -2.46. The highest BCUT2D eigenvalue weighted by Crippen LogP contribution is 2.37. The fraction of sp³-hybridized carbons (Fsp3) is 0.831. The van der Waals surface area contributed by atoms with Crippen LogP contribution in [-0.4, -0.2) is 155 Å². The van der Waals surface area contributed by atoms with E-state index in [0.717, 1.165) is 116 Å². The second-order valence-electron chi connectivity index (χ2n) is 26.5. The molecule has 28 nitrogen and oxygen atoms in total. The molecule has 3 aliphatic rings. The van der Waals surface area contributed by atoms with Crippen LogP contribution in [0.3, 0.4) is 0 Å². The standard InChI is InChI=1S/C70H117N3O23.CO2/c1-4-7-10-13-16-19-20-23-32-50(41-88-67(71)83)94-64(80)56-36-29-26-33-53(56)61(77)91-47-70(46-74,48-92-62(78)54-34-27-30-37-57(54)65(81)95-51(44-89-68(72)84)42-86-59(75)39-24-21-17-14-11-8-5-2)49-93-63(79)55-35-28-31-38-58(55)66(82)96-52(45-90-69(73)85)43-87-60(76)40-25-22-18-15-12-9-6-3;2-1-3/h50-58,74H,4-49H2,1-3H3,(H2,71,83)(H2,72,84)(H2,73,85);. The maximum Gasteiger partial charge on any atom is 0.404 e. The van der Waals surface area contributed by atoms with Crippen molar-refractivity contribution in [2.75, 3.05) is 59.5 Å². The zero-order chi connectivity index (χ0) is 73.1. The maximum atomic E-state index is 14.4. The molecule has 28 heteroatoms. The molecule has 9 unspecified atom stereocenters. The van der Waals surface area contributed by atoms with Crippen LogP contribution in [0, 0.1) is 40.9 Å². The van der Waals surface area contributed by atoms with Crippen LogP contribution in [0.2, 0.25) is 0 Å². The van der Waals surface area contributed by atoms with E-state index < -0.39 is 178 Å². The highest BCUT2D eigenvalue weighted by molar-refractivity contribution is 5.84. The average molecular weight is 1410 g/mol. The van der Waals surface area contributed by atoms with E-state index in [2.05, 4.69) is 20.8 Å². The third kappa shape index (κ3) is 38.9. The largest absolute Gasteiger partial charge is 0.464 e. The number of rotatable bonds is 51. The molecule has 0 aromatic carbocycles. The summed E-state index contributed by atoms with van der Waals surface area (Å²) in [6.07, 6.45) is 20.1. The second-order valence-corrected chi connectivity index (χ2v) is 26.5. The van der Waals surface area contributed by atoms with Crippen molar-refractivity contribution in [3.8, 4) is 0 Å². The second kappa shape index (κ2) is 53.8. The fourth-order valence-electron chi connectivity index (χ4n) is 12.5. The molecule has 0 heterocycles. The zero-order valence-electron chi connectivity index (χ0n) is 59.2. The molecule has 3 aliphatic carbocycles. The summed E-state index contributed by atoms with van der Waals surface area (Å²) in [4.78, 5) is 162.